The van der Waals surface area contributed by atoms with E-state index in [2.05, 4.69) is 147 Å². The van der Waals surface area contributed by atoms with Crippen molar-refractivity contribution in [3.63, 3.8) is 0 Å². The van der Waals surface area contributed by atoms with Gasteiger partial charge in [-0.05, 0) is 76.9 Å². The third-order valence-corrected chi connectivity index (χ3v) is 12.2. The van der Waals surface area contributed by atoms with E-state index in [9.17, 15) is 0 Å². The number of rotatable bonds is 7. The van der Waals surface area contributed by atoms with Crippen molar-refractivity contribution in [3.8, 4) is 67.8 Å². The quantitative estimate of drug-likeness (QED) is 0.151. The molecule has 12 rings (SSSR count). The molecule has 6 nitrogen and oxygen atoms in total. The molecule has 298 valence electrons. The SMILES string of the molecule is [C-]#[N+]c1ccc(-c2ccc3c(c2)c2ccccc2n3-c2ccc(-c3ccc4c5ccccc5n(-c5ccccc5)c4c3)cc2-c2nc(-c3ccccc3)nc(-c3ccccc3)n2)cc1. The predicted octanol–water partition coefficient (Wildman–Crippen LogP) is 15.0. The van der Waals surface area contributed by atoms with Crippen LogP contribution in [0.1, 0.15) is 0 Å². The number of hydrogen-bond donors (Lipinski definition) is 0. The zero-order chi connectivity index (χ0) is 42.6. The van der Waals surface area contributed by atoms with Gasteiger partial charge in [0, 0.05) is 43.9 Å². The van der Waals surface area contributed by atoms with E-state index in [0.29, 0.717) is 23.2 Å². The first kappa shape index (κ1) is 36.9. The van der Waals surface area contributed by atoms with Gasteiger partial charge in [0.2, 0.25) is 0 Å². The first-order valence-electron chi connectivity index (χ1n) is 21.3. The number of nitrogens with zero attached hydrogens (tertiary/aromatic N) is 6. The molecular weight excluding hydrogens is 781 g/mol. The largest absolute Gasteiger partial charge is 0.309 e. The highest BCUT2D eigenvalue weighted by atomic mass is 15.1. The van der Waals surface area contributed by atoms with Gasteiger partial charge in [-0.15, -0.1) is 0 Å². The van der Waals surface area contributed by atoms with Crippen LogP contribution in [0, 0.1) is 6.57 Å². The summed E-state index contributed by atoms with van der Waals surface area (Å²) in [7, 11) is 0. The van der Waals surface area contributed by atoms with Crippen molar-refractivity contribution in [2.24, 2.45) is 0 Å². The molecule has 3 heterocycles. The second kappa shape index (κ2) is 15.2. The van der Waals surface area contributed by atoms with Crippen LogP contribution in [-0.2, 0) is 0 Å². The summed E-state index contributed by atoms with van der Waals surface area (Å²) in [6.07, 6.45) is 0. The lowest BCUT2D eigenvalue weighted by atomic mass is 9.99. The van der Waals surface area contributed by atoms with E-state index in [1.807, 2.05) is 84.9 Å². The molecule has 9 aromatic carbocycles. The fraction of sp³-hybridized carbons (Fsp3) is 0. The highest BCUT2D eigenvalue weighted by Gasteiger charge is 2.22. The molecule has 3 aromatic heterocycles. The number of hydrogen-bond acceptors (Lipinski definition) is 3. The van der Waals surface area contributed by atoms with E-state index in [-0.39, 0.29) is 0 Å². The van der Waals surface area contributed by atoms with Crippen molar-refractivity contribution < 1.29 is 0 Å². The maximum Gasteiger partial charge on any atom is 0.187 e. The van der Waals surface area contributed by atoms with Crippen molar-refractivity contribution in [2.75, 3.05) is 0 Å². The summed E-state index contributed by atoms with van der Waals surface area (Å²) in [5.74, 6) is 1.78. The van der Waals surface area contributed by atoms with Crippen LogP contribution in [0.15, 0.2) is 218 Å². The van der Waals surface area contributed by atoms with Gasteiger partial charge < -0.3 is 9.13 Å². The van der Waals surface area contributed by atoms with Crippen molar-refractivity contribution in [2.45, 2.75) is 0 Å². The molecule has 0 aliphatic rings. The zero-order valence-corrected chi connectivity index (χ0v) is 34.5. The van der Waals surface area contributed by atoms with Gasteiger partial charge in [0.25, 0.3) is 0 Å². The number of para-hydroxylation sites is 3. The summed E-state index contributed by atoms with van der Waals surface area (Å²) in [5.41, 5.74) is 14.1. The summed E-state index contributed by atoms with van der Waals surface area (Å²) in [6.45, 7) is 7.46. The second-order valence-corrected chi connectivity index (χ2v) is 15.9. The molecule has 0 aliphatic carbocycles. The smallest absolute Gasteiger partial charge is 0.187 e. The van der Waals surface area contributed by atoms with Crippen LogP contribution in [-0.4, -0.2) is 24.1 Å². The van der Waals surface area contributed by atoms with Gasteiger partial charge in [-0.25, -0.2) is 19.8 Å². The van der Waals surface area contributed by atoms with Crippen LogP contribution >= 0.6 is 0 Å². The van der Waals surface area contributed by atoms with E-state index < -0.39 is 0 Å². The molecule has 0 N–H and O–H groups in total. The highest BCUT2D eigenvalue weighted by Crippen LogP contribution is 2.41. The topological polar surface area (TPSA) is 52.9 Å². The Labute approximate surface area is 369 Å². The molecule has 64 heavy (non-hydrogen) atoms. The van der Waals surface area contributed by atoms with Crippen LogP contribution in [0.4, 0.5) is 5.69 Å². The Morgan fingerprint density at radius 3 is 1.48 bits per heavy atom. The number of aromatic nitrogens is 5. The monoisotopic (exact) mass is 816 g/mol. The second-order valence-electron chi connectivity index (χ2n) is 15.9. The fourth-order valence-corrected chi connectivity index (χ4v) is 9.16. The average Bonchev–Trinajstić information content (AvgIpc) is 3.89. The van der Waals surface area contributed by atoms with E-state index >= 15 is 0 Å². The van der Waals surface area contributed by atoms with Gasteiger partial charge >= 0.3 is 0 Å². The van der Waals surface area contributed by atoms with Gasteiger partial charge in [0.05, 0.1) is 34.3 Å². The molecule has 0 spiro atoms. The van der Waals surface area contributed by atoms with Gasteiger partial charge in [-0.1, -0.05) is 164 Å². The normalized spacial score (nSPS) is 11.4. The Morgan fingerprint density at radius 1 is 0.328 bits per heavy atom. The third-order valence-electron chi connectivity index (χ3n) is 12.2. The molecule has 12 aromatic rings. The molecule has 0 aliphatic heterocycles. The van der Waals surface area contributed by atoms with Crippen molar-refractivity contribution >= 4 is 49.3 Å². The molecule has 0 unspecified atom stereocenters. The van der Waals surface area contributed by atoms with E-state index in [4.69, 9.17) is 21.5 Å². The number of fused-ring (bicyclic) bond motifs is 6. The lowest BCUT2D eigenvalue weighted by molar-refractivity contribution is 1.06. The Morgan fingerprint density at radius 2 is 0.812 bits per heavy atom. The molecule has 0 bridgehead atoms. The van der Waals surface area contributed by atoms with Gasteiger partial charge in [-0.3, -0.25) is 0 Å². The van der Waals surface area contributed by atoms with Crippen molar-refractivity contribution in [1.82, 2.24) is 24.1 Å². The number of benzene rings is 9. The molecule has 6 heteroatoms. The van der Waals surface area contributed by atoms with Crippen LogP contribution in [0.3, 0.4) is 0 Å². The molecule has 0 fully saturated rings. The van der Waals surface area contributed by atoms with Crippen LogP contribution in [0.5, 0.6) is 0 Å². The first-order chi connectivity index (χ1) is 31.7. The average molecular weight is 817 g/mol. The Kier molecular flexibility index (Phi) is 8.77. The summed E-state index contributed by atoms with van der Waals surface area (Å²) < 4.78 is 4.71. The zero-order valence-electron chi connectivity index (χ0n) is 34.5. The van der Waals surface area contributed by atoms with E-state index in [1.54, 1.807) is 0 Å². The van der Waals surface area contributed by atoms with Crippen molar-refractivity contribution in [1.29, 1.82) is 0 Å². The van der Waals surface area contributed by atoms with E-state index in [1.165, 1.54) is 16.3 Å². The molecular formula is C58H36N6. The summed E-state index contributed by atoms with van der Waals surface area (Å²) >= 11 is 0. The van der Waals surface area contributed by atoms with E-state index in [0.717, 1.165) is 77.6 Å². The Hall–Kier alpha value is -8.92. The minimum Gasteiger partial charge on any atom is -0.309 e. The third kappa shape index (κ3) is 6.22. The molecule has 0 amide bonds. The van der Waals surface area contributed by atoms with Crippen LogP contribution in [0.2, 0.25) is 0 Å². The maximum absolute atomic E-state index is 7.46. The molecule has 0 atom stereocenters. The maximum atomic E-state index is 7.46. The predicted molar refractivity (Wildman–Crippen MR) is 262 cm³/mol. The Balaban J connectivity index is 1.12. The minimum absolute atomic E-state index is 0.575. The lowest BCUT2D eigenvalue weighted by Crippen LogP contribution is -2.04. The molecule has 0 radical (unpaired) electrons. The highest BCUT2D eigenvalue weighted by molar-refractivity contribution is 6.12. The molecule has 0 saturated carbocycles. The summed E-state index contributed by atoms with van der Waals surface area (Å²) in [6, 6.07) is 76.0. The van der Waals surface area contributed by atoms with Crippen LogP contribution in [0.25, 0.3) is 116 Å². The molecule has 0 saturated heterocycles. The summed E-state index contributed by atoms with van der Waals surface area (Å²) in [5, 5.41) is 4.68. The van der Waals surface area contributed by atoms with Crippen LogP contribution < -0.4 is 0 Å². The van der Waals surface area contributed by atoms with Crippen molar-refractivity contribution in [3.05, 3.63) is 230 Å². The minimum atomic E-state index is 0.575. The van der Waals surface area contributed by atoms with Gasteiger partial charge in [0.15, 0.2) is 23.2 Å². The van der Waals surface area contributed by atoms with Gasteiger partial charge in [0.1, 0.15) is 0 Å². The Bertz CT molecular complexity index is 3710. The summed E-state index contributed by atoms with van der Waals surface area (Å²) in [4.78, 5) is 19.3. The fourth-order valence-electron chi connectivity index (χ4n) is 9.16. The van der Waals surface area contributed by atoms with Gasteiger partial charge in [-0.2, -0.15) is 0 Å². The first-order valence-corrected chi connectivity index (χ1v) is 21.3. The lowest BCUT2D eigenvalue weighted by Gasteiger charge is -2.17. The standard InChI is InChI=1S/C58H36N6/c1-59-44-30-25-38(26-31-44)41-28-33-53-49(35-41)47-22-12-14-24-52(47)64(53)54-34-29-42(43-27-32-48-46-21-11-13-23-51(46)63(55(48)37-43)45-19-9-4-10-20-45)36-50(54)58-61-56(39-15-5-2-6-16-39)60-57(62-58)40-17-7-3-8-18-40/h2-37H.